The minimum atomic E-state index is -0.710. The number of hydrogen-bond acceptors (Lipinski definition) is 4. The van der Waals surface area contributed by atoms with Gasteiger partial charge >= 0.3 is 5.97 Å². The van der Waals surface area contributed by atoms with E-state index in [2.05, 4.69) is 17.2 Å². The van der Waals surface area contributed by atoms with Crippen LogP contribution in [0.4, 0.5) is 5.69 Å². The Kier molecular flexibility index (Phi) is 7.47. The quantitative estimate of drug-likeness (QED) is 0.688. The highest BCUT2D eigenvalue weighted by atomic mass is 16.5. The molecule has 0 fully saturated rings. The van der Waals surface area contributed by atoms with Gasteiger partial charge in [0.25, 0.3) is 0 Å². The average Bonchev–Trinajstić information content (AvgIpc) is 2.45. The molecule has 0 saturated carbocycles. The number of carbonyl (C=O) groups is 1. The fourth-order valence-electron chi connectivity index (χ4n) is 2.22. The fourth-order valence-corrected chi connectivity index (χ4v) is 2.22. The van der Waals surface area contributed by atoms with Gasteiger partial charge < -0.3 is 15.2 Å². The molecule has 2 N–H and O–H groups in total. The number of carboxylic acid groups (broad SMARTS) is 1. The van der Waals surface area contributed by atoms with E-state index >= 15 is 0 Å². The van der Waals surface area contributed by atoms with Crippen molar-refractivity contribution in [3.63, 3.8) is 0 Å². The maximum absolute atomic E-state index is 10.6. The molecule has 0 radical (unpaired) electrons. The van der Waals surface area contributed by atoms with E-state index in [-0.39, 0.29) is 6.42 Å². The van der Waals surface area contributed by atoms with Gasteiger partial charge in [0, 0.05) is 30.9 Å². The Morgan fingerprint density at radius 3 is 2.90 bits per heavy atom. The Bertz CT molecular complexity index is 410. The average molecular weight is 280 g/mol. The molecule has 0 aliphatic rings. The Balaban J connectivity index is 2.36. The normalized spacial score (nSPS) is 11.9. The first kappa shape index (κ1) is 16.3. The van der Waals surface area contributed by atoms with Gasteiger partial charge in [-0.1, -0.05) is 19.8 Å². The molecular formula is C15H24N2O3. The van der Waals surface area contributed by atoms with Crippen molar-refractivity contribution < 1.29 is 14.6 Å². The molecule has 5 nitrogen and oxygen atoms in total. The van der Waals surface area contributed by atoms with Gasteiger partial charge in [0.2, 0.25) is 5.88 Å². The number of anilines is 1. The molecule has 0 spiro atoms. The van der Waals surface area contributed by atoms with Gasteiger partial charge in [-0.15, -0.1) is 0 Å². The van der Waals surface area contributed by atoms with Gasteiger partial charge in [-0.25, -0.2) is 4.98 Å². The molecule has 5 heteroatoms. The number of carboxylic acids is 1. The zero-order valence-corrected chi connectivity index (χ0v) is 12.3. The molecule has 0 aromatic carbocycles. The molecule has 1 heterocycles. The Morgan fingerprint density at radius 2 is 2.25 bits per heavy atom. The number of pyridine rings is 1. The molecule has 0 bridgehead atoms. The summed E-state index contributed by atoms with van der Waals surface area (Å²) in [5.74, 6) is 0.344. The largest absolute Gasteiger partial charge is 0.481 e. The second-order valence-electron chi connectivity index (χ2n) is 4.89. The second-order valence-corrected chi connectivity index (χ2v) is 4.89. The highest BCUT2D eigenvalue weighted by Crippen LogP contribution is 2.19. The summed E-state index contributed by atoms with van der Waals surface area (Å²) in [6, 6.07) is 3.75. The topological polar surface area (TPSA) is 71.5 Å². The molecule has 0 saturated heterocycles. The SMILES string of the molecule is CCCC(CCNc1ccnc(OC)c1)CCC(=O)O. The van der Waals surface area contributed by atoms with Crippen LogP contribution in [0.15, 0.2) is 18.3 Å². The lowest BCUT2D eigenvalue weighted by Crippen LogP contribution is -2.11. The minimum Gasteiger partial charge on any atom is -0.481 e. The molecule has 1 rings (SSSR count). The van der Waals surface area contributed by atoms with E-state index in [1.807, 2.05) is 12.1 Å². The van der Waals surface area contributed by atoms with Gasteiger partial charge in [-0.05, 0) is 24.8 Å². The zero-order valence-electron chi connectivity index (χ0n) is 12.3. The predicted octanol–water partition coefficient (Wildman–Crippen LogP) is 3.17. The number of rotatable bonds is 10. The number of methoxy groups -OCH3 is 1. The van der Waals surface area contributed by atoms with E-state index in [4.69, 9.17) is 9.84 Å². The molecule has 0 amide bonds. The third-order valence-electron chi connectivity index (χ3n) is 3.29. The van der Waals surface area contributed by atoms with Gasteiger partial charge in [-0.2, -0.15) is 0 Å². The number of ether oxygens (including phenoxy) is 1. The van der Waals surface area contributed by atoms with Crippen molar-refractivity contribution in [3.05, 3.63) is 18.3 Å². The molecule has 1 atom stereocenters. The number of nitrogens with one attached hydrogen (secondary N) is 1. The standard InChI is InChI=1S/C15H24N2O3/c1-3-4-12(5-6-15(18)19)7-9-16-13-8-10-17-14(11-13)20-2/h8,10-12H,3-7,9H2,1-2H3,(H,16,17)(H,18,19). The summed E-state index contributed by atoms with van der Waals surface area (Å²) in [6.07, 6.45) is 5.86. The van der Waals surface area contributed by atoms with Crippen LogP contribution in [0, 0.1) is 5.92 Å². The van der Waals surface area contributed by atoms with Gasteiger partial charge in [-0.3, -0.25) is 4.79 Å². The first-order valence-electron chi connectivity index (χ1n) is 7.11. The van der Waals surface area contributed by atoms with E-state index in [9.17, 15) is 4.79 Å². The summed E-state index contributed by atoms with van der Waals surface area (Å²) in [4.78, 5) is 14.7. The maximum atomic E-state index is 10.6. The maximum Gasteiger partial charge on any atom is 0.303 e. The summed E-state index contributed by atoms with van der Waals surface area (Å²) in [6.45, 7) is 2.96. The van der Waals surface area contributed by atoms with E-state index in [1.165, 1.54) is 0 Å². The molecule has 1 aromatic heterocycles. The second kappa shape index (κ2) is 9.18. The van der Waals surface area contributed by atoms with Crippen molar-refractivity contribution in [1.29, 1.82) is 0 Å². The molecular weight excluding hydrogens is 256 g/mol. The lowest BCUT2D eigenvalue weighted by atomic mass is 9.94. The van der Waals surface area contributed by atoms with Crippen LogP contribution < -0.4 is 10.1 Å². The molecule has 1 aromatic rings. The van der Waals surface area contributed by atoms with Crippen LogP contribution in [0.25, 0.3) is 0 Å². The highest BCUT2D eigenvalue weighted by Gasteiger charge is 2.10. The van der Waals surface area contributed by atoms with Gasteiger partial charge in [0.05, 0.1) is 7.11 Å². The minimum absolute atomic E-state index is 0.258. The molecule has 112 valence electrons. The third-order valence-corrected chi connectivity index (χ3v) is 3.29. The summed E-state index contributed by atoms with van der Waals surface area (Å²) in [7, 11) is 1.59. The Labute approximate surface area is 120 Å². The van der Waals surface area contributed by atoms with E-state index in [0.29, 0.717) is 11.8 Å². The number of aliphatic carboxylic acids is 1. The van der Waals surface area contributed by atoms with Crippen molar-refractivity contribution in [1.82, 2.24) is 4.98 Å². The number of aromatic nitrogens is 1. The number of nitrogens with zero attached hydrogens (tertiary/aromatic N) is 1. The van der Waals surface area contributed by atoms with Crippen molar-refractivity contribution in [2.24, 2.45) is 5.92 Å². The van der Waals surface area contributed by atoms with Crippen LogP contribution in [0.1, 0.15) is 39.0 Å². The van der Waals surface area contributed by atoms with Crippen molar-refractivity contribution in [2.45, 2.75) is 39.0 Å². The first-order chi connectivity index (χ1) is 9.65. The zero-order chi connectivity index (χ0) is 14.8. The van der Waals surface area contributed by atoms with Crippen molar-refractivity contribution in [2.75, 3.05) is 19.0 Å². The van der Waals surface area contributed by atoms with E-state index < -0.39 is 5.97 Å². The highest BCUT2D eigenvalue weighted by molar-refractivity contribution is 5.66. The third kappa shape index (κ3) is 6.41. The van der Waals surface area contributed by atoms with Crippen LogP contribution in [0.5, 0.6) is 5.88 Å². The fraction of sp³-hybridized carbons (Fsp3) is 0.600. The predicted molar refractivity (Wildman–Crippen MR) is 79.2 cm³/mol. The van der Waals surface area contributed by atoms with Crippen LogP contribution in [-0.4, -0.2) is 29.7 Å². The summed E-state index contributed by atoms with van der Waals surface area (Å²) >= 11 is 0. The van der Waals surface area contributed by atoms with Crippen LogP contribution in [0.3, 0.4) is 0 Å². The van der Waals surface area contributed by atoms with Crippen LogP contribution in [-0.2, 0) is 4.79 Å². The monoisotopic (exact) mass is 280 g/mol. The lowest BCUT2D eigenvalue weighted by molar-refractivity contribution is -0.137. The van der Waals surface area contributed by atoms with Gasteiger partial charge in [0.15, 0.2) is 0 Å². The first-order valence-corrected chi connectivity index (χ1v) is 7.11. The van der Waals surface area contributed by atoms with Crippen LogP contribution in [0.2, 0.25) is 0 Å². The summed E-state index contributed by atoms with van der Waals surface area (Å²) < 4.78 is 5.07. The Hall–Kier alpha value is -1.78. The summed E-state index contributed by atoms with van der Waals surface area (Å²) in [5.41, 5.74) is 0.977. The summed E-state index contributed by atoms with van der Waals surface area (Å²) in [5, 5.41) is 12.1. The Morgan fingerprint density at radius 1 is 1.45 bits per heavy atom. The van der Waals surface area contributed by atoms with Gasteiger partial charge in [0.1, 0.15) is 0 Å². The van der Waals surface area contributed by atoms with Crippen molar-refractivity contribution in [3.8, 4) is 5.88 Å². The molecule has 0 aliphatic carbocycles. The number of hydrogen-bond donors (Lipinski definition) is 2. The van der Waals surface area contributed by atoms with Crippen LogP contribution >= 0.6 is 0 Å². The molecule has 20 heavy (non-hydrogen) atoms. The smallest absolute Gasteiger partial charge is 0.303 e. The van der Waals surface area contributed by atoms with Crippen molar-refractivity contribution >= 4 is 11.7 Å². The molecule has 1 unspecified atom stereocenters. The van der Waals surface area contributed by atoms with E-state index in [1.54, 1.807) is 13.3 Å². The lowest BCUT2D eigenvalue weighted by Gasteiger charge is -2.16. The molecule has 0 aliphatic heterocycles. The van der Waals surface area contributed by atoms with E-state index in [0.717, 1.165) is 37.9 Å².